The van der Waals surface area contributed by atoms with Gasteiger partial charge in [0.1, 0.15) is 10.7 Å². The lowest BCUT2D eigenvalue weighted by atomic mass is 10.2. The molecular formula is C14H19FN2O3S. The first-order chi connectivity index (χ1) is 9.97. The van der Waals surface area contributed by atoms with Crippen molar-refractivity contribution in [2.75, 3.05) is 19.7 Å². The summed E-state index contributed by atoms with van der Waals surface area (Å²) in [4.78, 5) is -0.435. The van der Waals surface area contributed by atoms with E-state index in [9.17, 15) is 12.8 Å². The van der Waals surface area contributed by atoms with Gasteiger partial charge in [-0.05, 0) is 31.0 Å². The Morgan fingerprint density at radius 3 is 2.52 bits per heavy atom. The van der Waals surface area contributed by atoms with E-state index in [1.54, 1.807) is 6.07 Å². The lowest BCUT2D eigenvalue weighted by Crippen LogP contribution is -2.34. The van der Waals surface area contributed by atoms with Crippen LogP contribution in [0, 0.1) is 17.1 Å². The summed E-state index contributed by atoms with van der Waals surface area (Å²) in [5.74, 6) is -0.931. The molecule has 116 valence electrons. The number of aliphatic hydroxyl groups is 1. The van der Waals surface area contributed by atoms with E-state index in [-0.39, 0.29) is 25.3 Å². The van der Waals surface area contributed by atoms with Gasteiger partial charge in [0.05, 0.1) is 11.6 Å². The zero-order valence-corrected chi connectivity index (χ0v) is 12.7. The zero-order valence-electron chi connectivity index (χ0n) is 11.9. The van der Waals surface area contributed by atoms with Gasteiger partial charge in [0.25, 0.3) is 0 Å². The molecule has 0 spiro atoms. The highest BCUT2D eigenvalue weighted by Gasteiger charge is 2.26. The van der Waals surface area contributed by atoms with Crippen molar-refractivity contribution in [1.82, 2.24) is 4.31 Å². The maximum atomic E-state index is 13.9. The molecule has 1 N–H and O–H groups in total. The average molecular weight is 314 g/mol. The average Bonchev–Trinajstić information content (AvgIpc) is 2.46. The van der Waals surface area contributed by atoms with Crippen LogP contribution in [0.3, 0.4) is 0 Å². The monoisotopic (exact) mass is 314 g/mol. The van der Waals surface area contributed by atoms with Crippen molar-refractivity contribution in [2.24, 2.45) is 0 Å². The van der Waals surface area contributed by atoms with E-state index in [1.165, 1.54) is 10.4 Å². The summed E-state index contributed by atoms with van der Waals surface area (Å²) in [5, 5.41) is 17.6. The molecule has 0 amide bonds. The highest BCUT2D eigenvalue weighted by atomic mass is 32.2. The molecule has 0 unspecified atom stereocenters. The molecule has 1 rings (SSSR count). The summed E-state index contributed by atoms with van der Waals surface area (Å²) >= 11 is 0. The van der Waals surface area contributed by atoms with Crippen molar-refractivity contribution in [3.05, 3.63) is 29.6 Å². The first kappa shape index (κ1) is 17.6. The van der Waals surface area contributed by atoms with E-state index in [1.807, 2.05) is 6.92 Å². The second-order valence-corrected chi connectivity index (χ2v) is 6.50. The Hall–Kier alpha value is -1.49. The van der Waals surface area contributed by atoms with Gasteiger partial charge in [0.2, 0.25) is 10.0 Å². The van der Waals surface area contributed by atoms with E-state index in [4.69, 9.17) is 10.4 Å². The van der Waals surface area contributed by atoms with E-state index < -0.39 is 20.7 Å². The van der Waals surface area contributed by atoms with E-state index in [0.29, 0.717) is 12.8 Å². The fraction of sp³-hybridized carbons (Fsp3) is 0.500. The van der Waals surface area contributed by atoms with Crippen LogP contribution in [0.15, 0.2) is 23.1 Å². The molecule has 1 aromatic rings. The Labute approximate surface area is 124 Å². The third-order valence-electron chi connectivity index (χ3n) is 3.01. The molecule has 0 fully saturated rings. The van der Waals surface area contributed by atoms with Gasteiger partial charge in [0.15, 0.2) is 0 Å². The number of benzene rings is 1. The van der Waals surface area contributed by atoms with E-state index in [0.717, 1.165) is 18.6 Å². The fourth-order valence-electron chi connectivity index (χ4n) is 1.85. The molecule has 21 heavy (non-hydrogen) atoms. The van der Waals surface area contributed by atoms with Crippen LogP contribution < -0.4 is 0 Å². The highest BCUT2D eigenvalue weighted by Crippen LogP contribution is 2.21. The Morgan fingerprint density at radius 1 is 1.33 bits per heavy atom. The normalized spacial score (nSPS) is 11.6. The summed E-state index contributed by atoms with van der Waals surface area (Å²) < 4.78 is 40.1. The molecule has 0 saturated heterocycles. The van der Waals surface area contributed by atoms with Crippen LogP contribution >= 0.6 is 0 Å². The largest absolute Gasteiger partial charge is 0.396 e. The predicted octanol–water partition coefficient (Wildman–Crippen LogP) is 1.87. The number of nitrogens with zero attached hydrogens (tertiary/aromatic N) is 2. The first-order valence-corrected chi connectivity index (χ1v) is 8.22. The summed E-state index contributed by atoms with van der Waals surface area (Å²) in [7, 11) is -3.96. The van der Waals surface area contributed by atoms with Gasteiger partial charge in [-0.1, -0.05) is 13.3 Å². The minimum absolute atomic E-state index is 0.0712. The fourth-order valence-corrected chi connectivity index (χ4v) is 3.41. The molecule has 0 aliphatic rings. The van der Waals surface area contributed by atoms with Gasteiger partial charge >= 0.3 is 0 Å². The van der Waals surface area contributed by atoms with Crippen molar-refractivity contribution < 1.29 is 17.9 Å². The minimum Gasteiger partial charge on any atom is -0.396 e. The maximum Gasteiger partial charge on any atom is 0.245 e. The van der Waals surface area contributed by atoms with Crippen molar-refractivity contribution in [3.63, 3.8) is 0 Å². The zero-order chi connectivity index (χ0) is 15.9. The highest BCUT2D eigenvalue weighted by molar-refractivity contribution is 7.89. The molecule has 0 atom stereocenters. The number of hydrogen-bond acceptors (Lipinski definition) is 4. The summed E-state index contributed by atoms with van der Waals surface area (Å²) in [6, 6.07) is 5.07. The van der Waals surface area contributed by atoms with Crippen LogP contribution in [0.4, 0.5) is 4.39 Å². The number of halogens is 1. The SMILES string of the molecule is CCCCN(CCCO)S(=O)(=O)c1ccc(C#N)cc1F. The quantitative estimate of drug-likeness (QED) is 0.794. The summed E-state index contributed by atoms with van der Waals surface area (Å²) in [6.45, 7) is 2.21. The third kappa shape index (κ3) is 4.49. The number of hydrogen-bond donors (Lipinski definition) is 1. The molecule has 0 aliphatic carbocycles. The number of nitriles is 1. The van der Waals surface area contributed by atoms with Crippen LogP contribution in [0.1, 0.15) is 31.7 Å². The van der Waals surface area contributed by atoms with Crippen molar-refractivity contribution in [3.8, 4) is 6.07 Å². The number of aliphatic hydroxyl groups excluding tert-OH is 1. The molecule has 0 radical (unpaired) electrons. The Kier molecular flexibility index (Phi) is 6.75. The molecule has 0 aliphatic heterocycles. The van der Waals surface area contributed by atoms with Crippen LogP contribution in [0.5, 0.6) is 0 Å². The Balaban J connectivity index is 3.12. The van der Waals surface area contributed by atoms with Gasteiger partial charge in [-0.2, -0.15) is 9.57 Å². The topological polar surface area (TPSA) is 81.4 Å². The standard InChI is InChI=1S/C14H19FN2O3S/c1-2-3-7-17(8-4-9-18)21(19,20)14-6-5-12(11-16)10-13(14)15/h5-6,10,18H,2-4,7-9H2,1H3. The van der Waals surface area contributed by atoms with Gasteiger partial charge in [0, 0.05) is 19.7 Å². The summed E-state index contributed by atoms with van der Waals surface area (Å²) in [5.41, 5.74) is 0.0712. The van der Waals surface area contributed by atoms with E-state index in [2.05, 4.69) is 0 Å². The van der Waals surface area contributed by atoms with Crippen molar-refractivity contribution in [2.45, 2.75) is 31.1 Å². The molecule has 1 aromatic carbocycles. The Morgan fingerprint density at radius 2 is 2.00 bits per heavy atom. The molecule has 0 saturated carbocycles. The van der Waals surface area contributed by atoms with Crippen LogP contribution in [-0.2, 0) is 10.0 Å². The molecule has 0 aromatic heterocycles. The number of rotatable bonds is 8. The van der Waals surface area contributed by atoms with Gasteiger partial charge in [-0.15, -0.1) is 0 Å². The first-order valence-electron chi connectivity index (χ1n) is 6.78. The Bertz CT molecular complexity index is 603. The van der Waals surface area contributed by atoms with Gasteiger partial charge < -0.3 is 5.11 Å². The number of sulfonamides is 1. The second kappa shape index (κ2) is 8.08. The molecule has 5 nitrogen and oxygen atoms in total. The molecule has 0 bridgehead atoms. The van der Waals surface area contributed by atoms with Crippen LogP contribution in [-0.4, -0.2) is 37.5 Å². The van der Waals surface area contributed by atoms with Gasteiger partial charge in [-0.3, -0.25) is 0 Å². The van der Waals surface area contributed by atoms with Crippen LogP contribution in [0.25, 0.3) is 0 Å². The molecule has 7 heteroatoms. The third-order valence-corrected chi connectivity index (χ3v) is 4.94. The molecule has 0 heterocycles. The smallest absolute Gasteiger partial charge is 0.245 e. The van der Waals surface area contributed by atoms with Crippen molar-refractivity contribution in [1.29, 1.82) is 5.26 Å². The maximum absolute atomic E-state index is 13.9. The van der Waals surface area contributed by atoms with Crippen LogP contribution in [0.2, 0.25) is 0 Å². The van der Waals surface area contributed by atoms with Crippen molar-refractivity contribution >= 4 is 10.0 Å². The number of unbranched alkanes of at least 4 members (excludes halogenated alkanes) is 1. The minimum atomic E-state index is -3.96. The van der Waals surface area contributed by atoms with E-state index >= 15 is 0 Å². The predicted molar refractivity (Wildman–Crippen MR) is 76.5 cm³/mol. The lowest BCUT2D eigenvalue weighted by molar-refractivity contribution is 0.268. The lowest BCUT2D eigenvalue weighted by Gasteiger charge is -2.22. The molecular weight excluding hydrogens is 295 g/mol. The summed E-state index contributed by atoms with van der Waals surface area (Å²) in [6.07, 6.45) is 1.75. The second-order valence-electron chi connectivity index (χ2n) is 4.59. The van der Waals surface area contributed by atoms with Gasteiger partial charge in [-0.25, -0.2) is 12.8 Å².